The summed E-state index contributed by atoms with van der Waals surface area (Å²) in [4.78, 5) is 31.1. The van der Waals surface area contributed by atoms with Crippen molar-refractivity contribution in [2.24, 2.45) is 18.9 Å². The molecule has 2 aliphatic rings. The Balaban J connectivity index is 1.33. The minimum atomic E-state index is -2.50. The first kappa shape index (κ1) is 26.6. The van der Waals surface area contributed by atoms with E-state index >= 15 is 0 Å². The number of nitrogens with zero attached hydrogens (tertiary/aromatic N) is 3. The van der Waals surface area contributed by atoms with Gasteiger partial charge in [0.1, 0.15) is 5.65 Å². The molecule has 0 aromatic carbocycles. The summed E-state index contributed by atoms with van der Waals surface area (Å²) in [6.07, 6.45) is 8.47. The molecule has 36 heavy (non-hydrogen) atoms. The number of aliphatic carboxylic acids is 1. The van der Waals surface area contributed by atoms with Crippen LogP contribution in [0.15, 0.2) is 16.7 Å². The number of rotatable bonds is 9. The van der Waals surface area contributed by atoms with Gasteiger partial charge in [-0.15, -0.1) is 5.92 Å². The Bertz CT molecular complexity index is 1190. The molecule has 1 amide bonds. The maximum Gasteiger partial charge on any atom is 0.308 e. The number of likely N-dealkylation sites (tertiary alicyclic amines) is 1. The normalized spacial score (nSPS) is 19.2. The summed E-state index contributed by atoms with van der Waals surface area (Å²) in [6.45, 7) is 0.677. The minimum absolute atomic E-state index is 0.0942. The van der Waals surface area contributed by atoms with Gasteiger partial charge in [0.25, 0.3) is 11.8 Å². The Morgan fingerprint density at radius 2 is 1.94 bits per heavy atom. The summed E-state index contributed by atoms with van der Waals surface area (Å²) < 4.78 is 28.5. The van der Waals surface area contributed by atoms with Gasteiger partial charge in [-0.3, -0.25) is 9.59 Å². The smallest absolute Gasteiger partial charge is 0.308 e. The number of aromatic nitrogens is 2. The largest absolute Gasteiger partial charge is 0.481 e. The molecular weight excluding hydrogens is 532 g/mol. The molecule has 3 heterocycles. The molecule has 194 valence electrons. The topological polar surface area (TPSA) is 75.4 Å². The Hall–Kier alpha value is -2.47. The number of carbonyl (C=O) groups excluding carboxylic acids is 1. The van der Waals surface area contributed by atoms with E-state index in [9.17, 15) is 23.5 Å². The van der Waals surface area contributed by atoms with Crippen LogP contribution >= 0.6 is 15.9 Å². The Morgan fingerprint density at radius 3 is 2.64 bits per heavy atom. The van der Waals surface area contributed by atoms with E-state index < -0.39 is 17.8 Å². The quantitative estimate of drug-likeness (QED) is 0.308. The third kappa shape index (κ3) is 6.08. The molecule has 1 saturated carbocycles. The fourth-order valence-corrected chi connectivity index (χ4v) is 5.52. The summed E-state index contributed by atoms with van der Waals surface area (Å²) in [7, 11) is 1.93. The van der Waals surface area contributed by atoms with Gasteiger partial charge in [-0.25, -0.2) is 13.8 Å². The monoisotopic (exact) mass is 563 g/mol. The van der Waals surface area contributed by atoms with Crippen molar-refractivity contribution in [2.45, 2.75) is 70.1 Å². The van der Waals surface area contributed by atoms with Crippen molar-refractivity contribution in [3.05, 3.63) is 28.0 Å². The maximum absolute atomic E-state index is 13.5. The van der Waals surface area contributed by atoms with Gasteiger partial charge in [0.05, 0.1) is 11.5 Å². The van der Waals surface area contributed by atoms with Crippen LogP contribution in [0.25, 0.3) is 11.0 Å². The highest BCUT2D eigenvalue weighted by molar-refractivity contribution is 9.10. The zero-order valence-electron chi connectivity index (χ0n) is 20.5. The average molecular weight is 564 g/mol. The van der Waals surface area contributed by atoms with Crippen molar-refractivity contribution in [3.63, 3.8) is 0 Å². The molecular formula is C27H32BrF2N3O3. The number of carbonyl (C=O) groups is 2. The van der Waals surface area contributed by atoms with Crippen LogP contribution < -0.4 is 0 Å². The summed E-state index contributed by atoms with van der Waals surface area (Å²) in [5.74, 6) is 1.87. The SMILES string of the molecule is Cn1c(CCCCCCCC#CC2CC(F)(F)C2)c(C(=O)N2CC[C@H](C(=O)O)C2)c2cc(Br)cnc21. The molecule has 0 unspecified atom stereocenters. The fourth-order valence-electron chi connectivity index (χ4n) is 5.19. The molecule has 6 nitrogen and oxygen atoms in total. The van der Waals surface area contributed by atoms with E-state index in [0.29, 0.717) is 18.5 Å². The molecule has 2 aromatic rings. The van der Waals surface area contributed by atoms with Crippen molar-refractivity contribution >= 4 is 38.8 Å². The van der Waals surface area contributed by atoms with E-state index in [1.54, 1.807) is 11.1 Å². The lowest BCUT2D eigenvalue weighted by molar-refractivity contribution is -0.141. The Morgan fingerprint density at radius 1 is 1.22 bits per heavy atom. The standard InChI is InChI=1S/C27H32BrF2N3O3/c1-32-22(10-8-6-4-2-3-5-7-9-18-14-27(29,30)15-18)23(21-13-20(28)16-31-24(21)32)25(34)33-12-11-19(17-33)26(35)36/h13,16,18-19H,2-6,8,10-12,14-15,17H2,1H3,(H,35,36)/t19-/m0/s1. The van der Waals surface area contributed by atoms with E-state index in [0.717, 1.165) is 66.1 Å². The van der Waals surface area contributed by atoms with Gasteiger partial charge in [-0.2, -0.15) is 0 Å². The van der Waals surface area contributed by atoms with Crippen LogP contribution in [0.4, 0.5) is 8.78 Å². The predicted octanol–water partition coefficient (Wildman–Crippen LogP) is 5.81. The van der Waals surface area contributed by atoms with Crippen LogP contribution in [0.5, 0.6) is 0 Å². The first-order chi connectivity index (χ1) is 17.2. The summed E-state index contributed by atoms with van der Waals surface area (Å²) >= 11 is 3.46. The van der Waals surface area contributed by atoms with Crippen LogP contribution in [-0.2, 0) is 18.3 Å². The van der Waals surface area contributed by atoms with Crippen LogP contribution in [0.1, 0.15) is 73.8 Å². The van der Waals surface area contributed by atoms with E-state index in [-0.39, 0.29) is 31.2 Å². The molecule has 1 N–H and O–H groups in total. The summed E-state index contributed by atoms with van der Waals surface area (Å²) in [6, 6.07) is 1.91. The fraction of sp³-hybridized carbons (Fsp3) is 0.593. The van der Waals surface area contributed by atoms with Crippen molar-refractivity contribution in [1.82, 2.24) is 14.5 Å². The van der Waals surface area contributed by atoms with Crippen LogP contribution in [0.3, 0.4) is 0 Å². The lowest BCUT2D eigenvalue weighted by Gasteiger charge is -2.31. The molecule has 0 radical (unpaired) electrons. The second kappa shape index (κ2) is 11.3. The van der Waals surface area contributed by atoms with Crippen molar-refractivity contribution < 1.29 is 23.5 Å². The number of unbranched alkanes of at least 4 members (excludes halogenated alkanes) is 5. The molecule has 2 aromatic heterocycles. The first-order valence-corrected chi connectivity index (χ1v) is 13.5. The van der Waals surface area contributed by atoms with E-state index in [2.05, 4.69) is 32.8 Å². The lowest BCUT2D eigenvalue weighted by Crippen LogP contribution is -2.34. The maximum atomic E-state index is 13.5. The molecule has 2 fully saturated rings. The third-order valence-electron chi connectivity index (χ3n) is 7.26. The number of alkyl halides is 2. The predicted molar refractivity (Wildman–Crippen MR) is 137 cm³/mol. The van der Waals surface area contributed by atoms with Gasteiger partial charge in [0.2, 0.25) is 0 Å². The molecule has 9 heteroatoms. The van der Waals surface area contributed by atoms with Crippen LogP contribution in [0.2, 0.25) is 0 Å². The van der Waals surface area contributed by atoms with Gasteiger partial charge < -0.3 is 14.6 Å². The van der Waals surface area contributed by atoms with E-state index in [1.165, 1.54) is 0 Å². The lowest BCUT2D eigenvalue weighted by atomic mass is 9.82. The highest BCUT2D eigenvalue weighted by Crippen LogP contribution is 2.41. The number of pyridine rings is 1. The molecule has 1 saturated heterocycles. The molecule has 1 aliphatic heterocycles. The van der Waals surface area contributed by atoms with Crippen LogP contribution in [-0.4, -0.2) is 50.4 Å². The van der Waals surface area contributed by atoms with Crippen molar-refractivity contribution in [2.75, 3.05) is 13.1 Å². The van der Waals surface area contributed by atoms with Gasteiger partial charge in [-0.1, -0.05) is 25.2 Å². The number of carboxylic acid groups (broad SMARTS) is 1. The average Bonchev–Trinajstić information content (AvgIpc) is 3.40. The first-order valence-electron chi connectivity index (χ1n) is 12.7. The molecule has 0 spiro atoms. The zero-order chi connectivity index (χ0) is 25.9. The van der Waals surface area contributed by atoms with E-state index in [4.69, 9.17) is 0 Å². The number of fused-ring (bicyclic) bond motifs is 1. The number of hydrogen-bond donors (Lipinski definition) is 1. The zero-order valence-corrected chi connectivity index (χ0v) is 22.1. The second-order valence-corrected chi connectivity index (χ2v) is 10.9. The number of carboxylic acids is 1. The number of hydrogen-bond acceptors (Lipinski definition) is 3. The second-order valence-electron chi connectivity index (χ2n) is 10.0. The third-order valence-corrected chi connectivity index (χ3v) is 7.70. The Labute approximate surface area is 218 Å². The molecule has 0 bridgehead atoms. The number of amides is 1. The van der Waals surface area contributed by atoms with Crippen molar-refractivity contribution in [1.29, 1.82) is 0 Å². The molecule has 1 aliphatic carbocycles. The van der Waals surface area contributed by atoms with Gasteiger partial charge in [-0.05, 0) is 47.7 Å². The highest BCUT2D eigenvalue weighted by Gasteiger charge is 2.44. The van der Waals surface area contributed by atoms with Gasteiger partial charge >= 0.3 is 5.97 Å². The van der Waals surface area contributed by atoms with Crippen LogP contribution in [0, 0.1) is 23.7 Å². The summed E-state index contributed by atoms with van der Waals surface area (Å²) in [5.41, 5.74) is 2.31. The molecule has 4 rings (SSSR count). The molecule has 1 atom stereocenters. The van der Waals surface area contributed by atoms with Gasteiger partial charge in [0, 0.05) is 67.1 Å². The summed E-state index contributed by atoms with van der Waals surface area (Å²) in [5, 5.41) is 10.1. The Kier molecular flexibility index (Phi) is 8.34. The van der Waals surface area contributed by atoms with Crippen molar-refractivity contribution in [3.8, 4) is 11.8 Å². The number of halogens is 3. The van der Waals surface area contributed by atoms with Gasteiger partial charge in [0.15, 0.2) is 0 Å². The number of aryl methyl sites for hydroxylation is 1. The van der Waals surface area contributed by atoms with E-state index in [1.807, 2.05) is 17.7 Å². The minimum Gasteiger partial charge on any atom is -0.481 e. The highest BCUT2D eigenvalue weighted by atomic mass is 79.9.